The van der Waals surface area contributed by atoms with Crippen molar-refractivity contribution < 1.29 is 0 Å². The van der Waals surface area contributed by atoms with Crippen LogP contribution in [-0.4, -0.2) is 12.1 Å². The van der Waals surface area contributed by atoms with E-state index in [1.54, 1.807) is 0 Å². The lowest BCUT2D eigenvalue weighted by Crippen LogP contribution is -2.51. The molecule has 0 atom stereocenters. The monoisotopic (exact) mass is 232 g/mol. The molecule has 2 heteroatoms. The molecule has 0 aromatic heterocycles. The van der Waals surface area contributed by atoms with Crippen molar-refractivity contribution >= 4 is 5.69 Å². The van der Waals surface area contributed by atoms with E-state index < -0.39 is 0 Å². The van der Waals surface area contributed by atoms with E-state index in [9.17, 15) is 0 Å². The minimum Gasteiger partial charge on any atom is -0.399 e. The molecular formula is C15H24N2. The average molecular weight is 232 g/mol. The third-order valence-corrected chi connectivity index (χ3v) is 4.11. The SMILES string of the molecule is CC1(NCC(C)(C)c2ccc(N)cc2)CCC1. The Labute approximate surface area is 105 Å². The van der Waals surface area contributed by atoms with Crippen LogP contribution in [0.2, 0.25) is 0 Å². The number of hydrogen-bond donors (Lipinski definition) is 2. The maximum Gasteiger partial charge on any atom is 0.0314 e. The average Bonchev–Trinajstić information content (AvgIpc) is 2.24. The Hall–Kier alpha value is -1.02. The van der Waals surface area contributed by atoms with Gasteiger partial charge in [0, 0.05) is 23.2 Å². The van der Waals surface area contributed by atoms with E-state index >= 15 is 0 Å². The maximum absolute atomic E-state index is 5.73. The molecule has 0 bridgehead atoms. The van der Waals surface area contributed by atoms with E-state index in [4.69, 9.17) is 5.73 Å². The fraction of sp³-hybridized carbons (Fsp3) is 0.600. The summed E-state index contributed by atoms with van der Waals surface area (Å²) in [4.78, 5) is 0. The fourth-order valence-corrected chi connectivity index (χ4v) is 2.35. The van der Waals surface area contributed by atoms with Gasteiger partial charge in [-0.3, -0.25) is 0 Å². The van der Waals surface area contributed by atoms with Crippen molar-refractivity contribution in [2.24, 2.45) is 0 Å². The molecule has 1 aromatic carbocycles. The second-order valence-electron chi connectivity index (χ2n) is 6.27. The molecule has 1 aromatic rings. The highest BCUT2D eigenvalue weighted by molar-refractivity contribution is 5.41. The van der Waals surface area contributed by atoms with Crippen LogP contribution in [0.4, 0.5) is 5.69 Å². The molecule has 0 heterocycles. The van der Waals surface area contributed by atoms with Gasteiger partial charge in [0.1, 0.15) is 0 Å². The first kappa shape index (κ1) is 12.4. The summed E-state index contributed by atoms with van der Waals surface area (Å²) in [6, 6.07) is 8.25. The minimum absolute atomic E-state index is 0.159. The third-order valence-electron chi connectivity index (χ3n) is 4.11. The number of nitrogens with two attached hydrogens (primary N) is 1. The Morgan fingerprint density at radius 3 is 2.29 bits per heavy atom. The first-order chi connectivity index (χ1) is 7.91. The highest BCUT2D eigenvalue weighted by Crippen LogP contribution is 2.32. The zero-order chi connectivity index (χ0) is 12.5. The van der Waals surface area contributed by atoms with Gasteiger partial charge >= 0.3 is 0 Å². The van der Waals surface area contributed by atoms with Gasteiger partial charge in [-0.2, -0.15) is 0 Å². The van der Waals surface area contributed by atoms with Gasteiger partial charge in [0.15, 0.2) is 0 Å². The van der Waals surface area contributed by atoms with Crippen LogP contribution in [0.15, 0.2) is 24.3 Å². The Morgan fingerprint density at radius 1 is 1.24 bits per heavy atom. The predicted molar refractivity (Wildman–Crippen MR) is 74.1 cm³/mol. The van der Waals surface area contributed by atoms with Crippen molar-refractivity contribution in [3.63, 3.8) is 0 Å². The molecule has 0 unspecified atom stereocenters. The Balaban J connectivity index is 2.00. The van der Waals surface area contributed by atoms with Crippen LogP contribution >= 0.6 is 0 Å². The van der Waals surface area contributed by atoms with Crippen LogP contribution < -0.4 is 11.1 Å². The lowest BCUT2D eigenvalue weighted by Gasteiger charge is -2.42. The number of anilines is 1. The van der Waals surface area contributed by atoms with E-state index in [0.29, 0.717) is 5.54 Å². The van der Waals surface area contributed by atoms with Gasteiger partial charge in [-0.05, 0) is 43.9 Å². The topological polar surface area (TPSA) is 38.0 Å². The molecule has 1 fully saturated rings. The second-order valence-corrected chi connectivity index (χ2v) is 6.27. The summed E-state index contributed by atoms with van der Waals surface area (Å²) in [5.41, 5.74) is 8.45. The molecule has 0 aliphatic heterocycles. The zero-order valence-corrected chi connectivity index (χ0v) is 11.2. The van der Waals surface area contributed by atoms with Crippen molar-refractivity contribution in [1.82, 2.24) is 5.32 Å². The lowest BCUT2D eigenvalue weighted by atomic mass is 9.76. The molecule has 1 aliphatic carbocycles. The van der Waals surface area contributed by atoms with Crippen LogP contribution in [-0.2, 0) is 5.41 Å². The van der Waals surface area contributed by atoms with Gasteiger partial charge in [-0.15, -0.1) is 0 Å². The molecule has 94 valence electrons. The molecule has 3 N–H and O–H groups in total. The number of nitrogen functional groups attached to an aromatic ring is 1. The van der Waals surface area contributed by atoms with E-state index in [2.05, 4.69) is 38.2 Å². The van der Waals surface area contributed by atoms with Gasteiger partial charge in [0.05, 0.1) is 0 Å². The van der Waals surface area contributed by atoms with E-state index in [1.165, 1.54) is 24.8 Å². The fourth-order valence-electron chi connectivity index (χ4n) is 2.35. The van der Waals surface area contributed by atoms with Crippen molar-refractivity contribution in [2.75, 3.05) is 12.3 Å². The summed E-state index contributed by atoms with van der Waals surface area (Å²) >= 11 is 0. The van der Waals surface area contributed by atoms with Gasteiger partial charge in [0.25, 0.3) is 0 Å². The van der Waals surface area contributed by atoms with Crippen LogP contribution in [0.25, 0.3) is 0 Å². The molecule has 1 aliphatic rings. The Morgan fingerprint density at radius 2 is 1.82 bits per heavy atom. The summed E-state index contributed by atoms with van der Waals surface area (Å²) < 4.78 is 0. The molecule has 17 heavy (non-hydrogen) atoms. The molecular weight excluding hydrogens is 208 g/mol. The number of rotatable bonds is 4. The largest absolute Gasteiger partial charge is 0.399 e. The van der Waals surface area contributed by atoms with Crippen molar-refractivity contribution in [3.8, 4) is 0 Å². The van der Waals surface area contributed by atoms with Gasteiger partial charge < -0.3 is 11.1 Å². The van der Waals surface area contributed by atoms with Gasteiger partial charge in [-0.1, -0.05) is 26.0 Å². The normalized spacial score (nSPS) is 18.8. The van der Waals surface area contributed by atoms with E-state index in [0.717, 1.165) is 12.2 Å². The molecule has 1 saturated carbocycles. The van der Waals surface area contributed by atoms with Crippen LogP contribution in [0.3, 0.4) is 0 Å². The Bertz CT molecular complexity index is 374. The lowest BCUT2D eigenvalue weighted by molar-refractivity contribution is 0.195. The third kappa shape index (κ3) is 2.81. The summed E-state index contributed by atoms with van der Waals surface area (Å²) in [5, 5.41) is 3.72. The quantitative estimate of drug-likeness (QED) is 0.783. The Kier molecular flexibility index (Phi) is 3.17. The van der Waals surface area contributed by atoms with E-state index in [-0.39, 0.29) is 5.41 Å². The van der Waals surface area contributed by atoms with Crippen LogP contribution in [0.1, 0.15) is 45.6 Å². The smallest absolute Gasteiger partial charge is 0.0314 e. The van der Waals surface area contributed by atoms with Crippen LogP contribution in [0, 0.1) is 0 Å². The number of hydrogen-bond acceptors (Lipinski definition) is 2. The van der Waals surface area contributed by atoms with Crippen molar-refractivity contribution in [3.05, 3.63) is 29.8 Å². The summed E-state index contributed by atoms with van der Waals surface area (Å²) in [6.07, 6.45) is 3.99. The van der Waals surface area contributed by atoms with Gasteiger partial charge in [-0.25, -0.2) is 0 Å². The van der Waals surface area contributed by atoms with Crippen molar-refractivity contribution in [1.29, 1.82) is 0 Å². The molecule has 0 amide bonds. The predicted octanol–water partition coefficient (Wildman–Crippen LogP) is 3.08. The standard InChI is InChI=1S/C15H24N2/c1-14(2,11-17-15(3)9-4-10-15)12-5-7-13(16)8-6-12/h5-8,17H,4,9-11,16H2,1-3H3. The first-order valence-electron chi connectivity index (χ1n) is 6.52. The van der Waals surface area contributed by atoms with Crippen molar-refractivity contribution in [2.45, 2.75) is 51.0 Å². The summed E-state index contributed by atoms with van der Waals surface area (Å²) in [7, 11) is 0. The maximum atomic E-state index is 5.73. The molecule has 2 nitrogen and oxygen atoms in total. The van der Waals surface area contributed by atoms with Crippen LogP contribution in [0.5, 0.6) is 0 Å². The zero-order valence-electron chi connectivity index (χ0n) is 11.2. The number of nitrogens with one attached hydrogen (secondary N) is 1. The highest BCUT2D eigenvalue weighted by Gasteiger charge is 2.33. The highest BCUT2D eigenvalue weighted by atomic mass is 15.0. The minimum atomic E-state index is 0.159. The molecule has 0 saturated heterocycles. The summed E-state index contributed by atoms with van der Waals surface area (Å²) in [6.45, 7) is 7.92. The first-order valence-corrected chi connectivity index (χ1v) is 6.52. The molecule has 0 spiro atoms. The van der Waals surface area contributed by atoms with Gasteiger partial charge in [0.2, 0.25) is 0 Å². The molecule has 2 rings (SSSR count). The molecule has 0 radical (unpaired) electrons. The summed E-state index contributed by atoms with van der Waals surface area (Å²) in [5.74, 6) is 0. The number of benzene rings is 1. The van der Waals surface area contributed by atoms with E-state index in [1.807, 2.05) is 12.1 Å². The second kappa shape index (κ2) is 4.34.